The molecule has 1 rings (SSSR count). The van der Waals surface area contributed by atoms with Crippen molar-refractivity contribution in [3.05, 3.63) is 70.6 Å². The molecular formula is C26H38NO6P. The molecule has 0 spiro atoms. The Morgan fingerprint density at radius 2 is 1.68 bits per heavy atom. The summed E-state index contributed by atoms with van der Waals surface area (Å²) in [5.74, 6) is -2.24. The summed E-state index contributed by atoms with van der Waals surface area (Å²) >= 11 is 0. The van der Waals surface area contributed by atoms with Gasteiger partial charge in [-0.15, -0.1) is 0 Å². The Morgan fingerprint density at radius 1 is 1.03 bits per heavy atom. The van der Waals surface area contributed by atoms with Gasteiger partial charge in [0, 0.05) is 6.42 Å². The lowest BCUT2D eigenvalue weighted by Gasteiger charge is -2.17. The number of amides is 1. The molecule has 0 radical (unpaired) electrons. The highest BCUT2D eigenvalue weighted by molar-refractivity contribution is 7.58. The molecule has 1 aromatic rings. The van der Waals surface area contributed by atoms with Crippen molar-refractivity contribution in [2.45, 2.75) is 72.3 Å². The van der Waals surface area contributed by atoms with E-state index in [2.05, 4.69) is 38.2 Å². The van der Waals surface area contributed by atoms with E-state index in [1.54, 1.807) is 30.3 Å². The molecular weight excluding hydrogens is 453 g/mol. The maximum absolute atomic E-state index is 12.6. The van der Waals surface area contributed by atoms with Crippen LogP contribution in [0.3, 0.4) is 0 Å². The summed E-state index contributed by atoms with van der Waals surface area (Å²) in [4.78, 5) is 43.6. The van der Waals surface area contributed by atoms with Crippen LogP contribution in [-0.2, 0) is 20.6 Å². The monoisotopic (exact) mass is 491 g/mol. The summed E-state index contributed by atoms with van der Waals surface area (Å²) < 4.78 is 12.0. The molecule has 0 heterocycles. The lowest BCUT2D eigenvalue weighted by molar-refractivity contribution is -0.141. The van der Waals surface area contributed by atoms with Gasteiger partial charge >= 0.3 is 13.6 Å². The quantitative estimate of drug-likeness (QED) is 0.158. The van der Waals surface area contributed by atoms with Gasteiger partial charge in [-0.2, -0.15) is 0 Å². The third-order valence-electron chi connectivity index (χ3n) is 5.39. The maximum atomic E-state index is 12.6. The van der Waals surface area contributed by atoms with Gasteiger partial charge in [0.1, 0.15) is 11.4 Å². The minimum absolute atomic E-state index is 0.00601. The van der Waals surface area contributed by atoms with E-state index < -0.39 is 30.8 Å². The van der Waals surface area contributed by atoms with Crippen LogP contribution < -0.4 is 5.32 Å². The summed E-state index contributed by atoms with van der Waals surface area (Å²) in [7, 11) is -4.88. The Hall–Kier alpha value is -2.47. The molecule has 1 amide bonds. The molecule has 0 aromatic heterocycles. The van der Waals surface area contributed by atoms with Gasteiger partial charge in [0.25, 0.3) is 5.91 Å². The number of carbonyl (C=O) groups is 2. The van der Waals surface area contributed by atoms with Crippen LogP contribution in [-0.4, -0.2) is 32.8 Å². The van der Waals surface area contributed by atoms with E-state index in [1.807, 2.05) is 6.92 Å². The fourth-order valence-corrected chi connectivity index (χ4v) is 4.03. The Bertz CT molecular complexity index is 941. The topological polar surface area (TPSA) is 124 Å². The first-order valence-corrected chi connectivity index (χ1v) is 13.1. The largest absolute Gasteiger partial charge is 0.480 e. The van der Waals surface area contributed by atoms with Crippen molar-refractivity contribution in [2.24, 2.45) is 5.92 Å². The number of carbonyl (C=O) groups excluding carboxylic acids is 1. The molecule has 0 saturated carbocycles. The highest BCUT2D eigenvalue weighted by Crippen LogP contribution is 2.45. The first-order chi connectivity index (χ1) is 15.9. The Balaban J connectivity index is 2.75. The molecule has 0 saturated heterocycles. The van der Waals surface area contributed by atoms with Crippen molar-refractivity contribution < 1.29 is 29.0 Å². The van der Waals surface area contributed by atoms with Gasteiger partial charge in [-0.3, -0.25) is 9.36 Å². The van der Waals surface area contributed by atoms with Crippen LogP contribution >= 0.6 is 7.60 Å². The molecule has 1 unspecified atom stereocenters. The number of carboxylic acids is 1. The lowest BCUT2D eigenvalue weighted by atomic mass is 9.99. The van der Waals surface area contributed by atoms with Crippen LogP contribution in [0.25, 0.3) is 0 Å². The number of carboxylic acid groups (broad SMARTS) is 1. The molecule has 0 bridgehead atoms. The van der Waals surface area contributed by atoms with E-state index >= 15 is 0 Å². The molecule has 1 aromatic carbocycles. The van der Waals surface area contributed by atoms with E-state index in [-0.39, 0.29) is 12.3 Å². The molecule has 7 nitrogen and oxygen atoms in total. The van der Waals surface area contributed by atoms with E-state index in [0.717, 1.165) is 25.7 Å². The maximum Gasteiger partial charge on any atom is 0.361 e. The van der Waals surface area contributed by atoms with Crippen LogP contribution in [0.1, 0.15) is 65.4 Å². The molecule has 0 aliphatic rings. The highest BCUT2D eigenvalue weighted by Gasteiger charge is 2.31. The number of aliphatic carboxylic acids is 1. The first kappa shape index (κ1) is 29.6. The van der Waals surface area contributed by atoms with Crippen LogP contribution in [0.5, 0.6) is 0 Å². The number of allylic oxidation sites excluding steroid dienone is 5. The van der Waals surface area contributed by atoms with E-state index in [9.17, 15) is 29.0 Å². The van der Waals surface area contributed by atoms with Gasteiger partial charge in [-0.1, -0.05) is 66.6 Å². The van der Waals surface area contributed by atoms with E-state index in [0.29, 0.717) is 12.0 Å². The third kappa shape index (κ3) is 12.1. The second-order valence-corrected chi connectivity index (χ2v) is 10.5. The molecule has 0 aliphatic heterocycles. The summed E-state index contributed by atoms with van der Waals surface area (Å²) in [5.41, 5.74) is 3.29. The molecule has 4 N–H and O–H groups in total. The number of rotatable bonds is 14. The summed E-state index contributed by atoms with van der Waals surface area (Å²) in [6, 6.07) is 7.43. The van der Waals surface area contributed by atoms with Crippen LogP contribution in [0.2, 0.25) is 0 Å². The molecule has 188 valence electrons. The van der Waals surface area contributed by atoms with Crippen molar-refractivity contribution in [3.63, 3.8) is 0 Å². The van der Waals surface area contributed by atoms with Gasteiger partial charge in [-0.05, 0) is 64.4 Å². The predicted molar refractivity (Wildman–Crippen MR) is 135 cm³/mol. The van der Waals surface area contributed by atoms with E-state index in [1.165, 1.54) is 17.2 Å². The molecule has 34 heavy (non-hydrogen) atoms. The summed E-state index contributed by atoms with van der Waals surface area (Å²) in [5, 5.41) is 11.1. The van der Waals surface area contributed by atoms with Gasteiger partial charge in [0.2, 0.25) is 0 Å². The second kappa shape index (κ2) is 14.7. The number of benzene rings is 1. The zero-order valence-electron chi connectivity index (χ0n) is 20.5. The van der Waals surface area contributed by atoms with Crippen molar-refractivity contribution in [1.82, 2.24) is 5.32 Å². The summed E-state index contributed by atoms with van der Waals surface area (Å²) in [6.45, 7) is 8.19. The van der Waals surface area contributed by atoms with E-state index in [4.69, 9.17) is 0 Å². The molecule has 8 heteroatoms. The molecule has 2 atom stereocenters. The minimum Gasteiger partial charge on any atom is -0.480 e. The zero-order chi connectivity index (χ0) is 25.7. The zero-order valence-corrected chi connectivity index (χ0v) is 21.4. The first-order valence-electron chi connectivity index (χ1n) is 11.5. The van der Waals surface area contributed by atoms with Crippen LogP contribution in [0.4, 0.5) is 0 Å². The lowest BCUT2D eigenvalue weighted by Crippen LogP contribution is -2.43. The smallest absolute Gasteiger partial charge is 0.361 e. The van der Waals surface area contributed by atoms with Gasteiger partial charge in [0.05, 0.1) is 0 Å². The highest BCUT2D eigenvalue weighted by atomic mass is 31.2. The van der Waals surface area contributed by atoms with Gasteiger partial charge in [0.15, 0.2) is 0 Å². The predicted octanol–water partition coefficient (Wildman–Crippen LogP) is 5.36. The molecule has 0 aliphatic carbocycles. The minimum atomic E-state index is -4.88. The average Bonchev–Trinajstić information content (AvgIpc) is 2.72. The Morgan fingerprint density at radius 3 is 2.24 bits per heavy atom. The van der Waals surface area contributed by atoms with Crippen LogP contribution in [0.15, 0.2) is 65.0 Å². The van der Waals surface area contributed by atoms with Crippen molar-refractivity contribution in [2.75, 3.05) is 0 Å². The fourth-order valence-electron chi connectivity index (χ4n) is 3.36. The average molecular weight is 492 g/mol. The number of nitrogens with one attached hydrogen (secondary N) is 1. The number of hydrogen-bond donors (Lipinski definition) is 4. The third-order valence-corrected chi connectivity index (χ3v) is 6.40. The Labute approximate surface area is 202 Å². The summed E-state index contributed by atoms with van der Waals surface area (Å²) in [6.07, 6.45) is 9.57. The van der Waals surface area contributed by atoms with Crippen molar-refractivity contribution in [1.29, 1.82) is 0 Å². The Kier molecular flexibility index (Phi) is 12.8. The standard InChI is InChI=1S/C26H38NO6P/c1-19(2)10-8-11-20(3)12-9-13-21(4)16-17-24(34(31,32)33)25(28)27-23(26(29)30)18-22-14-6-5-7-15-22/h5-7,10,12,14-15,17,21,23H,8-9,11,13,16,18H2,1-4H3,(H,27,28)(H,29,30)(H2,31,32,33)/b20-12+,24-17-/t21?,23-/m1/s1. The van der Waals surface area contributed by atoms with Gasteiger partial charge < -0.3 is 20.2 Å². The number of hydrogen-bond acceptors (Lipinski definition) is 3. The molecule has 0 fully saturated rings. The van der Waals surface area contributed by atoms with Crippen molar-refractivity contribution >= 4 is 19.5 Å². The normalized spacial score (nSPS) is 14.3. The van der Waals surface area contributed by atoms with Gasteiger partial charge in [-0.25, -0.2) is 4.79 Å². The van der Waals surface area contributed by atoms with Crippen molar-refractivity contribution in [3.8, 4) is 0 Å². The fraction of sp³-hybridized carbons (Fsp3) is 0.462. The second-order valence-electron chi connectivity index (χ2n) is 8.98. The SMILES string of the molecule is CC(C)=CCC/C(C)=C/CCC(C)C/C=C(/C(=O)N[C@H](Cc1ccccc1)C(=O)O)P(=O)(O)O. The van der Waals surface area contributed by atoms with Crippen LogP contribution in [0, 0.1) is 5.92 Å².